The van der Waals surface area contributed by atoms with E-state index in [0.717, 1.165) is 49.5 Å². The zero-order valence-electron chi connectivity index (χ0n) is 9.96. The van der Waals surface area contributed by atoms with Gasteiger partial charge in [0.15, 0.2) is 0 Å². The molecule has 1 amide bonds. The smallest absolute Gasteiger partial charge is 0.209 e. The van der Waals surface area contributed by atoms with E-state index in [2.05, 4.69) is 9.88 Å². The minimum absolute atomic E-state index is 0.0209. The number of hydrogen-bond donors (Lipinski definition) is 1. The maximum atomic E-state index is 10.6. The molecule has 2 heterocycles. The van der Waals surface area contributed by atoms with Crippen LogP contribution in [0.25, 0.3) is 0 Å². The second kappa shape index (κ2) is 5.14. The summed E-state index contributed by atoms with van der Waals surface area (Å²) in [5, 5.41) is 9.03. The van der Waals surface area contributed by atoms with Crippen LogP contribution in [0.4, 0.5) is 5.82 Å². The zero-order chi connectivity index (χ0) is 12.3. The second-order valence-electron chi connectivity index (χ2n) is 4.27. The molecule has 0 saturated carbocycles. The van der Waals surface area contributed by atoms with Crippen LogP contribution >= 0.6 is 0 Å². The lowest BCUT2D eigenvalue weighted by atomic mass is 10.2. The molecule has 0 radical (unpaired) electrons. The number of nitrogens with zero attached hydrogens (tertiary/aromatic N) is 3. The quantitative estimate of drug-likeness (QED) is 0.758. The van der Waals surface area contributed by atoms with Crippen LogP contribution in [0.15, 0.2) is 12.3 Å². The number of piperazine rings is 1. The Balaban J connectivity index is 2.10. The lowest BCUT2D eigenvalue weighted by molar-refractivity contribution is -0.118. The summed E-state index contributed by atoms with van der Waals surface area (Å²) in [6.07, 6.45) is 2.60. The molecule has 17 heavy (non-hydrogen) atoms. The van der Waals surface area contributed by atoms with Crippen molar-refractivity contribution in [2.24, 2.45) is 0 Å². The number of aromatic nitrogens is 1. The third kappa shape index (κ3) is 2.55. The number of aryl methyl sites for hydroxylation is 1. The topological polar surface area (TPSA) is 56.7 Å². The fraction of sp³-hybridized carbons (Fsp3) is 0.500. The fourth-order valence-corrected chi connectivity index (χ4v) is 2.08. The lowest BCUT2D eigenvalue weighted by Crippen LogP contribution is -2.46. The summed E-state index contributed by atoms with van der Waals surface area (Å²) in [4.78, 5) is 18.9. The van der Waals surface area contributed by atoms with Gasteiger partial charge in [0.05, 0.1) is 6.61 Å². The van der Waals surface area contributed by atoms with Gasteiger partial charge in [0, 0.05) is 32.4 Å². The first-order valence-electron chi connectivity index (χ1n) is 5.75. The van der Waals surface area contributed by atoms with Gasteiger partial charge < -0.3 is 14.9 Å². The first-order valence-corrected chi connectivity index (χ1v) is 5.75. The lowest BCUT2D eigenvalue weighted by Gasteiger charge is -2.34. The molecule has 0 bridgehead atoms. The van der Waals surface area contributed by atoms with Crippen LogP contribution in [0.5, 0.6) is 0 Å². The molecule has 2 rings (SSSR count). The third-order valence-electron chi connectivity index (χ3n) is 3.05. The van der Waals surface area contributed by atoms with Crippen molar-refractivity contribution in [1.82, 2.24) is 9.88 Å². The first kappa shape index (κ1) is 11.9. The zero-order valence-corrected chi connectivity index (χ0v) is 9.96. The average Bonchev–Trinajstić information content (AvgIpc) is 2.39. The molecule has 1 N–H and O–H groups in total. The van der Waals surface area contributed by atoms with Crippen molar-refractivity contribution in [3.8, 4) is 0 Å². The summed E-state index contributed by atoms with van der Waals surface area (Å²) in [6, 6.07) is 1.95. The Morgan fingerprint density at radius 3 is 2.65 bits per heavy atom. The van der Waals surface area contributed by atoms with Gasteiger partial charge in [-0.1, -0.05) is 0 Å². The van der Waals surface area contributed by atoms with Gasteiger partial charge >= 0.3 is 0 Å². The molecule has 1 fully saturated rings. The fourth-order valence-electron chi connectivity index (χ4n) is 2.08. The van der Waals surface area contributed by atoms with Crippen LogP contribution in [0, 0.1) is 6.92 Å². The highest BCUT2D eigenvalue weighted by Gasteiger charge is 2.18. The van der Waals surface area contributed by atoms with E-state index in [-0.39, 0.29) is 6.61 Å². The van der Waals surface area contributed by atoms with Crippen molar-refractivity contribution in [3.05, 3.63) is 23.4 Å². The van der Waals surface area contributed by atoms with E-state index >= 15 is 0 Å². The summed E-state index contributed by atoms with van der Waals surface area (Å²) >= 11 is 0. The van der Waals surface area contributed by atoms with Gasteiger partial charge in [0.25, 0.3) is 0 Å². The Kier molecular flexibility index (Phi) is 3.58. The third-order valence-corrected chi connectivity index (χ3v) is 3.05. The van der Waals surface area contributed by atoms with Gasteiger partial charge in [-0.15, -0.1) is 0 Å². The van der Waals surface area contributed by atoms with Gasteiger partial charge in [-0.3, -0.25) is 4.79 Å². The Labute approximate surface area is 101 Å². The molecule has 0 spiro atoms. The molecule has 0 atom stereocenters. The monoisotopic (exact) mass is 235 g/mol. The molecule has 1 saturated heterocycles. The van der Waals surface area contributed by atoms with E-state index in [9.17, 15) is 4.79 Å². The van der Waals surface area contributed by atoms with Crippen molar-refractivity contribution in [1.29, 1.82) is 0 Å². The summed E-state index contributed by atoms with van der Waals surface area (Å²) in [6.45, 7) is 5.12. The van der Waals surface area contributed by atoms with Gasteiger partial charge in [0.2, 0.25) is 6.41 Å². The number of pyridine rings is 1. The number of aliphatic hydroxyl groups is 1. The Bertz CT molecular complexity index is 401. The van der Waals surface area contributed by atoms with E-state index in [1.807, 2.05) is 13.0 Å². The van der Waals surface area contributed by atoms with Gasteiger partial charge in [-0.25, -0.2) is 4.98 Å². The first-order chi connectivity index (χ1) is 8.24. The molecule has 5 heteroatoms. The predicted molar refractivity (Wildman–Crippen MR) is 64.7 cm³/mol. The minimum Gasteiger partial charge on any atom is -0.392 e. The number of rotatable bonds is 3. The number of amides is 1. The van der Waals surface area contributed by atoms with E-state index in [0.29, 0.717) is 0 Å². The van der Waals surface area contributed by atoms with Crippen molar-refractivity contribution in [2.45, 2.75) is 13.5 Å². The Morgan fingerprint density at radius 1 is 1.41 bits per heavy atom. The molecular weight excluding hydrogens is 218 g/mol. The number of carbonyl (C=O) groups is 1. The molecule has 1 aliphatic rings. The summed E-state index contributed by atoms with van der Waals surface area (Å²) in [5.74, 6) is 0.952. The van der Waals surface area contributed by atoms with Crippen molar-refractivity contribution < 1.29 is 9.90 Å². The number of aliphatic hydroxyl groups excluding tert-OH is 1. The van der Waals surface area contributed by atoms with E-state index in [1.54, 1.807) is 11.1 Å². The maximum absolute atomic E-state index is 10.6. The molecule has 1 aromatic rings. The van der Waals surface area contributed by atoms with Crippen LogP contribution in [0.3, 0.4) is 0 Å². The van der Waals surface area contributed by atoms with Crippen molar-refractivity contribution >= 4 is 12.2 Å². The molecule has 0 unspecified atom stereocenters. The molecule has 0 aliphatic carbocycles. The van der Waals surface area contributed by atoms with Crippen molar-refractivity contribution in [3.63, 3.8) is 0 Å². The van der Waals surface area contributed by atoms with Crippen molar-refractivity contribution in [2.75, 3.05) is 31.1 Å². The summed E-state index contributed by atoms with van der Waals surface area (Å²) < 4.78 is 0. The minimum atomic E-state index is 0.0209. The highest BCUT2D eigenvalue weighted by Crippen LogP contribution is 2.19. The van der Waals surface area contributed by atoms with E-state index in [1.165, 1.54) is 0 Å². The normalized spacial score (nSPS) is 16.1. The number of hydrogen-bond acceptors (Lipinski definition) is 4. The molecule has 92 valence electrons. The van der Waals surface area contributed by atoms with Crippen LogP contribution in [-0.4, -0.2) is 47.6 Å². The molecule has 0 aromatic carbocycles. The molecule has 1 aromatic heterocycles. The van der Waals surface area contributed by atoms with Crippen LogP contribution in [0.1, 0.15) is 11.1 Å². The predicted octanol–water partition coefficient (Wildman–Crippen LogP) is 0.161. The van der Waals surface area contributed by atoms with Gasteiger partial charge in [-0.05, 0) is 24.1 Å². The van der Waals surface area contributed by atoms with Gasteiger partial charge in [-0.2, -0.15) is 0 Å². The highest BCUT2D eigenvalue weighted by molar-refractivity contribution is 5.51. The largest absolute Gasteiger partial charge is 0.392 e. The average molecular weight is 235 g/mol. The summed E-state index contributed by atoms with van der Waals surface area (Å²) in [5.41, 5.74) is 1.90. The molecule has 1 aliphatic heterocycles. The summed E-state index contributed by atoms with van der Waals surface area (Å²) in [7, 11) is 0. The Hall–Kier alpha value is -1.62. The maximum Gasteiger partial charge on any atom is 0.209 e. The molecular formula is C12H17N3O2. The standard InChI is InChI=1S/C12H17N3O2/c1-10-6-11(8-16)7-13-12(10)15-4-2-14(9-17)3-5-15/h6-7,9,16H,2-5,8H2,1H3. The highest BCUT2D eigenvalue weighted by atomic mass is 16.3. The van der Waals surface area contributed by atoms with E-state index in [4.69, 9.17) is 5.11 Å². The number of carbonyl (C=O) groups excluding carboxylic acids is 1. The molecule has 5 nitrogen and oxygen atoms in total. The van der Waals surface area contributed by atoms with Crippen LogP contribution < -0.4 is 4.90 Å². The number of anilines is 1. The van der Waals surface area contributed by atoms with Gasteiger partial charge in [0.1, 0.15) is 5.82 Å². The Morgan fingerprint density at radius 2 is 2.12 bits per heavy atom. The van der Waals surface area contributed by atoms with E-state index < -0.39 is 0 Å². The van der Waals surface area contributed by atoms with Crippen LogP contribution in [0.2, 0.25) is 0 Å². The van der Waals surface area contributed by atoms with Crippen LogP contribution in [-0.2, 0) is 11.4 Å². The second-order valence-corrected chi connectivity index (χ2v) is 4.27. The SMILES string of the molecule is Cc1cc(CO)cnc1N1CCN(C=O)CC1.